The SMILES string of the molecule is CCCNCC(O)COCCc1ccccc1. The van der Waals surface area contributed by atoms with Gasteiger partial charge in [0.05, 0.1) is 19.3 Å². The van der Waals surface area contributed by atoms with E-state index in [1.807, 2.05) is 18.2 Å². The Labute approximate surface area is 104 Å². The fourth-order valence-corrected chi connectivity index (χ4v) is 1.56. The fraction of sp³-hybridized carbons (Fsp3) is 0.571. The second kappa shape index (κ2) is 9.16. The molecule has 3 heteroatoms. The highest BCUT2D eigenvalue weighted by Gasteiger charge is 2.02. The van der Waals surface area contributed by atoms with E-state index in [4.69, 9.17) is 4.74 Å². The molecule has 0 aliphatic rings. The van der Waals surface area contributed by atoms with Gasteiger partial charge >= 0.3 is 0 Å². The van der Waals surface area contributed by atoms with Crippen LogP contribution in [0.15, 0.2) is 30.3 Å². The van der Waals surface area contributed by atoms with Gasteiger partial charge in [-0.3, -0.25) is 0 Å². The molecule has 1 aromatic rings. The minimum Gasteiger partial charge on any atom is -0.389 e. The van der Waals surface area contributed by atoms with Crippen LogP contribution in [0.2, 0.25) is 0 Å². The van der Waals surface area contributed by atoms with Gasteiger partial charge in [0.2, 0.25) is 0 Å². The number of aliphatic hydroxyl groups is 1. The molecule has 0 fully saturated rings. The number of benzene rings is 1. The Morgan fingerprint density at radius 2 is 2.06 bits per heavy atom. The van der Waals surface area contributed by atoms with Crippen molar-refractivity contribution in [2.45, 2.75) is 25.9 Å². The topological polar surface area (TPSA) is 41.5 Å². The molecule has 0 aliphatic heterocycles. The first-order valence-electron chi connectivity index (χ1n) is 6.33. The average Bonchev–Trinajstić information content (AvgIpc) is 2.36. The fourth-order valence-electron chi connectivity index (χ4n) is 1.56. The summed E-state index contributed by atoms with van der Waals surface area (Å²) in [6.45, 7) is 4.73. The maximum Gasteiger partial charge on any atom is 0.0897 e. The van der Waals surface area contributed by atoms with Crippen molar-refractivity contribution in [1.29, 1.82) is 0 Å². The molecular formula is C14H23NO2. The lowest BCUT2D eigenvalue weighted by Gasteiger charge is -2.11. The third kappa shape index (κ3) is 7.10. The first-order valence-corrected chi connectivity index (χ1v) is 6.33. The van der Waals surface area contributed by atoms with Crippen molar-refractivity contribution in [2.24, 2.45) is 0 Å². The monoisotopic (exact) mass is 237 g/mol. The van der Waals surface area contributed by atoms with Gasteiger partial charge in [0.15, 0.2) is 0 Å². The third-order valence-corrected chi connectivity index (χ3v) is 2.49. The van der Waals surface area contributed by atoms with Gasteiger partial charge in [-0.2, -0.15) is 0 Å². The Bertz CT molecular complexity index is 277. The average molecular weight is 237 g/mol. The van der Waals surface area contributed by atoms with Gasteiger partial charge in [-0.15, -0.1) is 0 Å². The molecule has 0 aromatic heterocycles. The highest BCUT2D eigenvalue weighted by Crippen LogP contribution is 1.99. The summed E-state index contributed by atoms with van der Waals surface area (Å²) >= 11 is 0. The van der Waals surface area contributed by atoms with Crippen molar-refractivity contribution in [3.63, 3.8) is 0 Å². The van der Waals surface area contributed by atoms with Gasteiger partial charge in [0, 0.05) is 6.54 Å². The summed E-state index contributed by atoms with van der Waals surface area (Å²) < 4.78 is 5.44. The molecule has 0 amide bonds. The van der Waals surface area contributed by atoms with E-state index in [1.165, 1.54) is 5.56 Å². The van der Waals surface area contributed by atoms with Crippen LogP contribution in [-0.4, -0.2) is 37.5 Å². The Kier molecular flexibility index (Phi) is 7.63. The quantitative estimate of drug-likeness (QED) is 0.641. The minimum atomic E-state index is -0.405. The molecule has 0 saturated heterocycles. The van der Waals surface area contributed by atoms with Crippen LogP contribution in [0.25, 0.3) is 0 Å². The zero-order valence-corrected chi connectivity index (χ0v) is 10.6. The van der Waals surface area contributed by atoms with Crippen molar-refractivity contribution >= 4 is 0 Å². The van der Waals surface area contributed by atoms with Crippen LogP contribution in [0, 0.1) is 0 Å². The summed E-state index contributed by atoms with van der Waals surface area (Å²) in [6, 6.07) is 10.2. The predicted octanol–water partition coefficient (Wildman–Crippen LogP) is 1.61. The molecule has 0 saturated carbocycles. The molecule has 0 bridgehead atoms. The van der Waals surface area contributed by atoms with E-state index < -0.39 is 6.10 Å². The lowest BCUT2D eigenvalue weighted by Crippen LogP contribution is -2.31. The molecule has 0 radical (unpaired) electrons. The van der Waals surface area contributed by atoms with Crippen molar-refractivity contribution in [3.8, 4) is 0 Å². The summed E-state index contributed by atoms with van der Waals surface area (Å²) in [5.74, 6) is 0. The Morgan fingerprint density at radius 1 is 1.29 bits per heavy atom. The number of hydrogen-bond donors (Lipinski definition) is 2. The van der Waals surface area contributed by atoms with Gasteiger partial charge < -0.3 is 15.2 Å². The number of hydrogen-bond acceptors (Lipinski definition) is 3. The third-order valence-electron chi connectivity index (χ3n) is 2.49. The Morgan fingerprint density at radius 3 is 2.76 bits per heavy atom. The van der Waals surface area contributed by atoms with E-state index in [1.54, 1.807) is 0 Å². The van der Waals surface area contributed by atoms with E-state index in [0.29, 0.717) is 19.8 Å². The molecule has 2 N–H and O–H groups in total. The van der Waals surface area contributed by atoms with Gasteiger partial charge in [-0.05, 0) is 24.9 Å². The zero-order valence-electron chi connectivity index (χ0n) is 10.6. The lowest BCUT2D eigenvalue weighted by molar-refractivity contribution is 0.0385. The Hall–Kier alpha value is -0.900. The van der Waals surface area contributed by atoms with Crippen LogP contribution in [0.5, 0.6) is 0 Å². The van der Waals surface area contributed by atoms with Crippen LogP contribution in [-0.2, 0) is 11.2 Å². The Balaban J connectivity index is 2.00. The van der Waals surface area contributed by atoms with Crippen molar-refractivity contribution in [1.82, 2.24) is 5.32 Å². The van der Waals surface area contributed by atoms with E-state index in [2.05, 4.69) is 24.4 Å². The summed E-state index contributed by atoms with van der Waals surface area (Å²) in [5, 5.41) is 12.7. The van der Waals surface area contributed by atoms with Crippen molar-refractivity contribution in [3.05, 3.63) is 35.9 Å². The maximum absolute atomic E-state index is 9.59. The molecule has 0 spiro atoms. The van der Waals surface area contributed by atoms with Crippen molar-refractivity contribution < 1.29 is 9.84 Å². The number of ether oxygens (including phenoxy) is 1. The van der Waals surface area contributed by atoms with Crippen LogP contribution >= 0.6 is 0 Å². The summed E-state index contributed by atoms with van der Waals surface area (Å²) in [6.07, 6.45) is 1.58. The first-order chi connectivity index (χ1) is 8.33. The highest BCUT2D eigenvalue weighted by atomic mass is 16.5. The minimum absolute atomic E-state index is 0.405. The molecular weight excluding hydrogens is 214 g/mol. The van der Waals surface area contributed by atoms with Gasteiger partial charge in [0.1, 0.15) is 0 Å². The predicted molar refractivity (Wildman–Crippen MR) is 70.1 cm³/mol. The molecule has 1 rings (SSSR count). The smallest absolute Gasteiger partial charge is 0.0897 e. The van der Waals surface area contributed by atoms with E-state index in [-0.39, 0.29) is 0 Å². The van der Waals surface area contributed by atoms with Gasteiger partial charge in [-0.1, -0.05) is 37.3 Å². The van der Waals surface area contributed by atoms with E-state index >= 15 is 0 Å². The van der Waals surface area contributed by atoms with Gasteiger partial charge in [-0.25, -0.2) is 0 Å². The molecule has 1 aromatic carbocycles. The number of rotatable bonds is 9. The van der Waals surface area contributed by atoms with E-state index in [0.717, 1.165) is 19.4 Å². The highest BCUT2D eigenvalue weighted by molar-refractivity contribution is 5.14. The van der Waals surface area contributed by atoms with Crippen LogP contribution in [0.4, 0.5) is 0 Å². The molecule has 0 heterocycles. The summed E-state index contributed by atoms with van der Waals surface area (Å²) in [4.78, 5) is 0. The van der Waals surface area contributed by atoms with Crippen molar-refractivity contribution in [2.75, 3.05) is 26.3 Å². The van der Waals surface area contributed by atoms with Crippen LogP contribution in [0.1, 0.15) is 18.9 Å². The lowest BCUT2D eigenvalue weighted by atomic mass is 10.2. The number of aliphatic hydroxyl groups excluding tert-OH is 1. The molecule has 96 valence electrons. The largest absolute Gasteiger partial charge is 0.389 e. The normalized spacial score (nSPS) is 12.6. The molecule has 1 unspecified atom stereocenters. The molecule has 17 heavy (non-hydrogen) atoms. The van der Waals surface area contributed by atoms with Crippen LogP contribution in [0.3, 0.4) is 0 Å². The first kappa shape index (κ1) is 14.2. The second-order valence-electron chi connectivity index (χ2n) is 4.17. The zero-order chi connectivity index (χ0) is 12.3. The summed E-state index contributed by atoms with van der Waals surface area (Å²) in [7, 11) is 0. The number of nitrogens with one attached hydrogen (secondary N) is 1. The van der Waals surface area contributed by atoms with E-state index in [9.17, 15) is 5.11 Å². The van der Waals surface area contributed by atoms with Crippen LogP contribution < -0.4 is 5.32 Å². The standard InChI is InChI=1S/C14H23NO2/c1-2-9-15-11-14(16)12-17-10-8-13-6-4-3-5-7-13/h3-7,14-16H,2,8-12H2,1H3. The molecule has 3 nitrogen and oxygen atoms in total. The van der Waals surface area contributed by atoms with Gasteiger partial charge in [0.25, 0.3) is 0 Å². The maximum atomic E-state index is 9.59. The summed E-state index contributed by atoms with van der Waals surface area (Å²) in [5.41, 5.74) is 1.27. The molecule has 0 aliphatic carbocycles. The second-order valence-corrected chi connectivity index (χ2v) is 4.17. The molecule has 1 atom stereocenters.